The molecule has 6 nitrogen and oxygen atoms in total. The standard InChI is InChI=1S/C21H27N3O3/c1-15-19(4-3-9-27-15)21(26)24-13-17-11-23(12-18(17)14-24)20(25)6-5-16-7-8-22(2)10-16/h5-8,10,15,19H,3-4,9,11-14H2,1-2H3/b6-5+. The van der Waals surface area contributed by atoms with Gasteiger partial charge in [0, 0.05) is 58.3 Å². The van der Waals surface area contributed by atoms with E-state index >= 15 is 0 Å². The molecule has 27 heavy (non-hydrogen) atoms. The highest BCUT2D eigenvalue weighted by Gasteiger charge is 2.38. The number of ether oxygens (including phenoxy) is 1. The number of carbonyl (C=O) groups is 2. The van der Waals surface area contributed by atoms with E-state index in [-0.39, 0.29) is 23.8 Å². The molecule has 6 heteroatoms. The number of hydrogen-bond acceptors (Lipinski definition) is 3. The van der Waals surface area contributed by atoms with Gasteiger partial charge in [-0.15, -0.1) is 0 Å². The van der Waals surface area contributed by atoms with Gasteiger partial charge in [0.05, 0.1) is 12.0 Å². The molecule has 1 aromatic rings. The monoisotopic (exact) mass is 369 g/mol. The van der Waals surface area contributed by atoms with Gasteiger partial charge >= 0.3 is 0 Å². The number of amides is 2. The second-order valence-corrected chi connectivity index (χ2v) is 7.86. The van der Waals surface area contributed by atoms with Crippen LogP contribution in [0.2, 0.25) is 0 Å². The van der Waals surface area contributed by atoms with Crippen LogP contribution in [-0.2, 0) is 21.4 Å². The van der Waals surface area contributed by atoms with Crippen molar-refractivity contribution in [2.75, 3.05) is 32.8 Å². The predicted octanol–water partition coefficient (Wildman–Crippen LogP) is 1.83. The smallest absolute Gasteiger partial charge is 0.247 e. The van der Waals surface area contributed by atoms with E-state index in [9.17, 15) is 9.59 Å². The van der Waals surface area contributed by atoms with E-state index in [1.54, 1.807) is 6.08 Å². The van der Waals surface area contributed by atoms with Crippen molar-refractivity contribution in [3.63, 3.8) is 0 Å². The lowest BCUT2D eigenvalue weighted by Gasteiger charge is -2.32. The third kappa shape index (κ3) is 3.72. The Labute approximate surface area is 160 Å². The molecule has 0 radical (unpaired) electrons. The Kier molecular flexibility index (Phi) is 4.91. The lowest BCUT2D eigenvalue weighted by Crippen LogP contribution is -2.43. The van der Waals surface area contributed by atoms with Crippen LogP contribution < -0.4 is 0 Å². The molecule has 1 fully saturated rings. The van der Waals surface area contributed by atoms with Crippen molar-refractivity contribution in [3.8, 4) is 0 Å². The lowest BCUT2D eigenvalue weighted by molar-refractivity contribution is -0.142. The van der Waals surface area contributed by atoms with E-state index in [1.807, 2.05) is 52.9 Å². The molecular formula is C21H27N3O3. The maximum Gasteiger partial charge on any atom is 0.247 e. The molecule has 144 valence electrons. The van der Waals surface area contributed by atoms with Crippen molar-refractivity contribution >= 4 is 17.9 Å². The maximum absolute atomic E-state index is 12.8. The maximum atomic E-state index is 12.8. The molecular weight excluding hydrogens is 342 g/mol. The van der Waals surface area contributed by atoms with Gasteiger partial charge in [-0.25, -0.2) is 0 Å². The fourth-order valence-electron chi connectivity index (χ4n) is 4.27. The first kappa shape index (κ1) is 18.0. The molecule has 2 atom stereocenters. The minimum Gasteiger partial charge on any atom is -0.378 e. The highest BCUT2D eigenvalue weighted by Crippen LogP contribution is 2.30. The third-order valence-corrected chi connectivity index (χ3v) is 5.85. The summed E-state index contributed by atoms with van der Waals surface area (Å²) < 4.78 is 7.61. The highest BCUT2D eigenvalue weighted by molar-refractivity contribution is 5.92. The first-order chi connectivity index (χ1) is 13.0. The van der Waals surface area contributed by atoms with Crippen LogP contribution in [0.4, 0.5) is 0 Å². The Hall–Kier alpha value is -2.34. The fraction of sp³-hybridized carbons (Fsp3) is 0.524. The minimum atomic E-state index is -0.0229. The molecule has 2 unspecified atom stereocenters. The topological polar surface area (TPSA) is 54.8 Å². The van der Waals surface area contributed by atoms with Crippen LogP contribution in [0.5, 0.6) is 0 Å². The third-order valence-electron chi connectivity index (χ3n) is 5.85. The van der Waals surface area contributed by atoms with Crippen LogP contribution in [0.15, 0.2) is 35.7 Å². The summed E-state index contributed by atoms with van der Waals surface area (Å²) in [5.41, 5.74) is 3.48. The summed E-state index contributed by atoms with van der Waals surface area (Å²) in [7, 11) is 1.96. The molecule has 0 aliphatic carbocycles. The summed E-state index contributed by atoms with van der Waals surface area (Å²) in [5.74, 6) is 0.212. The zero-order valence-electron chi connectivity index (χ0n) is 16.1. The van der Waals surface area contributed by atoms with E-state index in [0.29, 0.717) is 26.2 Å². The van der Waals surface area contributed by atoms with Crippen LogP contribution in [0, 0.1) is 5.92 Å². The number of hydrogen-bond donors (Lipinski definition) is 0. The average Bonchev–Trinajstić information content (AvgIpc) is 3.34. The second-order valence-electron chi connectivity index (χ2n) is 7.86. The van der Waals surface area contributed by atoms with Crippen LogP contribution in [0.3, 0.4) is 0 Å². The van der Waals surface area contributed by atoms with E-state index < -0.39 is 0 Å². The fourth-order valence-corrected chi connectivity index (χ4v) is 4.27. The molecule has 1 aromatic heterocycles. The Bertz CT molecular complexity index is 789. The zero-order valence-corrected chi connectivity index (χ0v) is 16.1. The van der Waals surface area contributed by atoms with Crippen molar-refractivity contribution in [2.45, 2.75) is 25.9 Å². The molecule has 0 N–H and O–H groups in total. The number of aryl methyl sites for hydroxylation is 1. The van der Waals surface area contributed by atoms with Crippen molar-refractivity contribution in [1.82, 2.24) is 14.4 Å². The molecule has 1 saturated heterocycles. The Morgan fingerprint density at radius 1 is 1.15 bits per heavy atom. The summed E-state index contributed by atoms with van der Waals surface area (Å²) in [6, 6.07) is 1.98. The van der Waals surface area contributed by atoms with Gasteiger partial charge in [0.15, 0.2) is 0 Å². The molecule has 0 aromatic carbocycles. The summed E-state index contributed by atoms with van der Waals surface area (Å²) in [5, 5.41) is 0. The zero-order chi connectivity index (χ0) is 19.0. The second kappa shape index (κ2) is 7.35. The summed E-state index contributed by atoms with van der Waals surface area (Å²) >= 11 is 0. The highest BCUT2D eigenvalue weighted by atomic mass is 16.5. The van der Waals surface area contributed by atoms with Gasteiger partial charge in [-0.3, -0.25) is 9.59 Å². The minimum absolute atomic E-state index is 0.00268. The van der Waals surface area contributed by atoms with E-state index in [4.69, 9.17) is 4.74 Å². The first-order valence-electron chi connectivity index (χ1n) is 9.70. The summed E-state index contributed by atoms with van der Waals surface area (Å²) in [6.07, 6.45) is 9.30. The van der Waals surface area contributed by atoms with Gasteiger partial charge in [-0.2, -0.15) is 0 Å². The molecule has 2 amide bonds. The largest absolute Gasteiger partial charge is 0.378 e. The van der Waals surface area contributed by atoms with Crippen molar-refractivity contribution in [2.24, 2.45) is 13.0 Å². The molecule has 4 rings (SSSR count). The number of rotatable bonds is 3. The first-order valence-corrected chi connectivity index (χ1v) is 9.70. The molecule has 0 saturated carbocycles. The average molecular weight is 369 g/mol. The predicted molar refractivity (Wildman–Crippen MR) is 103 cm³/mol. The van der Waals surface area contributed by atoms with E-state index in [2.05, 4.69) is 0 Å². The Morgan fingerprint density at radius 2 is 1.85 bits per heavy atom. The molecule has 0 spiro atoms. The van der Waals surface area contributed by atoms with Crippen LogP contribution in [-0.4, -0.2) is 65.1 Å². The van der Waals surface area contributed by atoms with Gasteiger partial charge in [-0.1, -0.05) is 0 Å². The lowest BCUT2D eigenvalue weighted by atomic mass is 9.94. The van der Waals surface area contributed by atoms with Gasteiger partial charge in [0.2, 0.25) is 11.8 Å². The van der Waals surface area contributed by atoms with Gasteiger partial charge in [0.1, 0.15) is 0 Å². The summed E-state index contributed by atoms with van der Waals surface area (Å²) in [6.45, 7) is 5.33. The number of aromatic nitrogens is 1. The summed E-state index contributed by atoms with van der Waals surface area (Å²) in [4.78, 5) is 29.1. The van der Waals surface area contributed by atoms with Crippen LogP contribution in [0.1, 0.15) is 25.3 Å². The molecule has 3 aliphatic rings. The van der Waals surface area contributed by atoms with Crippen molar-refractivity contribution in [3.05, 3.63) is 41.2 Å². The van der Waals surface area contributed by atoms with E-state index in [1.165, 1.54) is 11.1 Å². The SMILES string of the molecule is CC1OCCCC1C(=O)N1CC2=C(CN(C(=O)/C=C/c3ccn(C)c3)C2)C1. The quantitative estimate of drug-likeness (QED) is 0.603. The Morgan fingerprint density at radius 3 is 2.48 bits per heavy atom. The van der Waals surface area contributed by atoms with Gasteiger partial charge in [-0.05, 0) is 48.6 Å². The molecule has 4 heterocycles. The molecule has 0 bridgehead atoms. The van der Waals surface area contributed by atoms with Crippen molar-refractivity contribution < 1.29 is 14.3 Å². The normalized spacial score (nSPS) is 25.6. The van der Waals surface area contributed by atoms with Gasteiger partial charge < -0.3 is 19.1 Å². The number of nitrogens with zero attached hydrogens (tertiary/aromatic N) is 3. The van der Waals surface area contributed by atoms with E-state index in [0.717, 1.165) is 25.0 Å². The van der Waals surface area contributed by atoms with Crippen LogP contribution >= 0.6 is 0 Å². The molecule has 3 aliphatic heterocycles. The number of carbonyl (C=O) groups excluding carboxylic acids is 2. The van der Waals surface area contributed by atoms with Crippen molar-refractivity contribution in [1.29, 1.82) is 0 Å². The Balaban J connectivity index is 1.31. The van der Waals surface area contributed by atoms with Crippen LogP contribution in [0.25, 0.3) is 6.08 Å². The van der Waals surface area contributed by atoms with Gasteiger partial charge in [0.25, 0.3) is 0 Å².